The Balaban J connectivity index is 3.17. The molecule has 1 rings (SSSR count). The number of benzene rings is 1. The number of ether oxygens (including phenoxy) is 1. The molecule has 0 aromatic heterocycles. The second kappa shape index (κ2) is 5.90. The second-order valence-electron chi connectivity index (χ2n) is 3.68. The molecule has 0 saturated carbocycles. The van der Waals surface area contributed by atoms with Gasteiger partial charge in [0.1, 0.15) is 6.29 Å². The molecule has 0 fully saturated rings. The van der Waals surface area contributed by atoms with E-state index < -0.39 is 10.9 Å². The minimum absolute atomic E-state index is 0.0812. The van der Waals surface area contributed by atoms with Gasteiger partial charge in [-0.25, -0.2) is 0 Å². The molecular weight excluding hydrogens is 238 g/mol. The smallest absolute Gasteiger partial charge is 0.310 e. The van der Waals surface area contributed by atoms with Gasteiger partial charge in [-0.3, -0.25) is 19.7 Å². The lowest BCUT2D eigenvalue weighted by molar-refractivity contribution is -0.385. The molecule has 0 aliphatic heterocycles. The molecule has 6 nitrogen and oxygen atoms in total. The van der Waals surface area contributed by atoms with Crippen molar-refractivity contribution < 1.29 is 19.2 Å². The van der Waals surface area contributed by atoms with E-state index in [0.717, 1.165) is 0 Å². The van der Waals surface area contributed by atoms with Crippen LogP contribution in [0.2, 0.25) is 0 Å². The number of hydrogen-bond donors (Lipinski definition) is 0. The van der Waals surface area contributed by atoms with E-state index in [9.17, 15) is 19.7 Å². The molecule has 0 N–H and O–H groups in total. The zero-order valence-corrected chi connectivity index (χ0v) is 10.1. The Kier molecular flexibility index (Phi) is 4.53. The first-order valence-corrected chi connectivity index (χ1v) is 5.38. The van der Waals surface area contributed by atoms with Crippen LogP contribution in [0.4, 0.5) is 5.69 Å². The third-order valence-electron chi connectivity index (χ3n) is 2.48. The molecule has 1 aromatic carbocycles. The van der Waals surface area contributed by atoms with Crippen LogP contribution >= 0.6 is 0 Å². The Hall–Kier alpha value is -2.24. The Labute approximate surface area is 104 Å². The van der Waals surface area contributed by atoms with Crippen molar-refractivity contribution in [2.24, 2.45) is 0 Å². The predicted octanol–water partition coefficient (Wildman–Crippen LogP) is 1.82. The molecule has 0 spiro atoms. The first-order valence-electron chi connectivity index (χ1n) is 5.38. The fourth-order valence-corrected chi connectivity index (χ4v) is 1.59. The summed E-state index contributed by atoms with van der Waals surface area (Å²) in [6.07, 6.45) is 0.434. The highest BCUT2D eigenvalue weighted by Gasteiger charge is 2.18. The number of aldehydes is 1. The average Bonchev–Trinajstić information content (AvgIpc) is 2.31. The first kappa shape index (κ1) is 13.8. The highest BCUT2D eigenvalue weighted by Crippen LogP contribution is 2.23. The van der Waals surface area contributed by atoms with Crippen LogP contribution in [0.15, 0.2) is 12.1 Å². The van der Waals surface area contributed by atoms with Gasteiger partial charge in [0.25, 0.3) is 5.69 Å². The lowest BCUT2D eigenvalue weighted by atomic mass is 10.0. The number of hydrogen-bond acceptors (Lipinski definition) is 5. The number of nitrogens with zero attached hydrogens (tertiary/aromatic N) is 1. The molecule has 96 valence electrons. The van der Waals surface area contributed by atoms with E-state index in [2.05, 4.69) is 0 Å². The van der Waals surface area contributed by atoms with Crippen LogP contribution in [0, 0.1) is 17.0 Å². The van der Waals surface area contributed by atoms with Gasteiger partial charge in [0, 0.05) is 17.2 Å². The summed E-state index contributed by atoms with van der Waals surface area (Å²) in [4.78, 5) is 32.3. The lowest BCUT2D eigenvalue weighted by Crippen LogP contribution is -2.10. The minimum atomic E-state index is -0.572. The Morgan fingerprint density at radius 2 is 2.17 bits per heavy atom. The quantitative estimate of drug-likeness (QED) is 0.345. The summed E-state index contributed by atoms with van der Waals surface area (Å²) in [5.74, 6) is -0.474. The lowest BCUT2D eigenvalue weighted by Gasteiger charge is -2.07. The molecule has 0 atom stereocenters. The van der Waals surface area contributed by atoms with Crippen molar-refractivity contribution in [3.05, 3.63) is 38.9 Å². The summed E-state index contributed by atoms with van der Waals surface area (Å²) in [5.41, 5.74) is 0.814. The summed E-state index contributed by atoms with van der Waals surface area (Å²) in [6.45, 7) is 3.46. The van der Waals surface area contributed by atoms with Crippen molar-refractivity contribution in [3.63, 3.8) is 0 Å². The fourth-order valence-electron chi connectivity index (χ4n) is 1.59. The van der Waals surface area contributed by atoms with E-state index in [4.69, 9.17) is 4.74 Å². The normalized spacial score (nSPS) is 9.89. The van der Waals surface area contributed by atoms with Gasteiger partial charge in [-0.05, 0) is 25.5 Å². The summed E-state index contributed by atoms with van der Waals surface area (Å²) in [7, 11) is 0. The van der Waals surface area contributed by atoms with Gasteiger partial charge in [-0.1, -0.05) is 0 Å². The predicted molar refractivity (Wildman–Crippen MR) is 63.6 cm³/mol. The molecule has 0 saturated heterocycles. The van der Waals surface area contributed by atoms with Crippen LogP contribution in [0.3, 0.4) is 0 Å². The zero-order chi connectivity index (χ0) is 13.7. The van der Waals surface area contributed by atoms with Gasteiger partial charge in [0.2, 0.25) is 0 Å². The number of rotatable bonds is 5. The minimum Gasteiger partial charge on any atom is -0.466 e. The zero-order valence-electron chi connectivity index (χ0n) is 10.1. The summed E-state index contributed by atoms with van der Waals surface area (Å²) in [6, 6.07) is 2.66. The van der Waals surface area contributed by atoms with Gasteiger partial charge in [0.05, 0.1) is 18.0 Å². The van der Waals surface area contributed by atoms with Crippen molar-refractivity contribution in [2.75, 3.05) is 6.61 Å². The van der Waals surface area contributed by atoms with E-state index in [-0.39, 0.29) is 24.3 Å². The molecule has 0 unspecified atom stereocenters. The molecule has 0 heterocycles. The number of carbonyl (C=O) groups is 2. The van der Waals surface area contributed by atoms with E-state index in [1.807, 2.05) is 0 Å². The average molecular weight is 251 g/mol. The van der Waals surface area contributed by atoms with Gasteiger partial charge < -0.3 is 4.74 Å². The molecule has 1 aromatic rings. The van der Waals surface area contributed by atoms with Gasteiger partial charge in [0.15, 0.2) is 0 Å². The Morgan fingerprint density at radius 1 is 1.50 bits per heavy atom. The van der Waals surface area contributed by atoms with Crippen LogP contribution in [-0.4, -0.2) is 23.8 Å². The molecule has 0 aliphatic carbocycles. The molecule has 0 amide bonds. The number of esters is 1. The van der Waals surface area contributed by atoms with Gasteiger partial charge >= 0.3 is 5.97 Å². The highest BCUT2D eigenvalue weighted by atomic mass is 16.6. The summed E-state index contributed by atoms with van der Waals surface area (Å²) in [5, 5.41) is 10.8. The van der Waals surface area contributed by atoms with E-state index in [1.54, 1.807) is 13.8 Å². The molecule has 0 radical (unpaired) electrons. The van der Waals surface area contributed by atoms with E-state index in [0.29, 0.717) is 17.4 Å². The van der Waals surface area contributed by atoms with Crippen molar-refractivity contribution >= 4 is 17.9 Å². The standard InChI is InChI=1S/C12H13NO5/c1-3-18-12(15)6-10-4-9(7-14)5-11(8(10)2)13(16)17/h4-5,7H,3,6H2,1-2H3. The largest absolute Gasteiger partial charge is 0.466 e. The first-order chi connectivity index (χ1) is 8.49. The molecule has 6 heteroatoms. The number of carbonyl (C=O) groups excluding carboxylic acids is 2. The van der Waals surface area contributed by atoms with Crippen LogP contribution in [0.1, 0.15) is 28.4 Å². The van der Waals surface area contributed by atoms with E-state index in [1.165, 1.54) is 12.1 Å². The Morgan fingerprint density at radius 3 is 2.67 bits per heavy atom. The third-order valence-corrected chi connectivity index (χ3v) is 2.48. The third kappa shape index (κ3) is 3.13. The van der Waals surface area contributed by atoms with E-state index >= 15 is 0 Å². The van der Waals surface area contributed by atoms with Crippen LogP contribution in [0.5, 0.6) is 0 Å². The van der Waals surface area contributed by atoms with Crippen molar-refractivity contribution in [1.29, 1.82) is 0 Å². The summed E-state index contributed by atoms with van der Waals surface area (Å²) < 4.78 is 4.78. The van der Waals surface area contributed by atoms with Gasteiger partial charge in [-0.2, -0.15) is 0 Å². The summed E-state index contributed by atoms with van der Waals surface area (Å²) >= 11 is 0. The van der Waals surface area contributed by atoms with Crippen LogP contribution in [0.25, 0.3) is 0 Å². The SMILES string of the molecule is CCOC(=O)Cc1cc(C=O)cc([N+](=O)[O-])c1C. The highest BCUT2D eigenvalue weighted by molar-refractivity contribution is 5.80. The monoisotopic (exact) mass is 251 g/mol. The molecule has 18 heavy (non-hydrogen) atoms. The van der Waals surface area contributed by atoms with Crippen molar-refractivity contribution in [1.82, 2.24) is 0 Å². The Bertz CT molecular complexity index is 495. The topological polar surface area (TPSA) is 86.5 Å². The molecule has 0 aliphatic rings. The second-order valence-corrected chi connectivity index (χ2v) is 3.68. The molecule has 0 bridgehead atoms. The molecular formula is C12H13NO5. The fraction of sp³-hybridized carbons (Fsp3) is 0.333. The van der Waals surface area contributed by atoms with Crippen molar-refractivity contribution in [3.8, 4) is 0 Å². The number of nitro groups is 1. The van der Waals surface area contributed by atoms with Gasteiger partial charge in [-0.15, -0.1) is 0 Å². The van der Waals surface area contributed by atoms with Crippen LogP contribution in [-0.2, 0) is 16.0 Å². The van der Waals surface area contributed by atoms with Crippen LogP contribution < -0.4 is 0 Å². The maximum absolute atomic E-state index is 11.4. The maximum atomic E-state index is 11.4. The van der Waals surface area contributed by atoms with Crippen molar-refractivity contribution in [2.45, 2.75) is 20.3 Å². The number of nitro benzene ring substituents is 1. The maximum Gasteiger partial charge on any atom is 0.310 e.